The molecule has 2 aromatic carbocycles. The highest BCUT2D eigenvalue weighted by Gasteiger charge is 2.22. The molecule has 0 saturated carbocycles. The molecule has 2 N–H and O–H groups in total. The topological polar surface area (TPSA) is 92.5 Å². The van der Waals surface area contributed by atoms with Crippen molar-refractivity contribution in [2.24, 2.45) is 0 Å². The van der Waals surface area contributed by atoms with E-state index in [0.29, 0.717) is 18.4 Å². The van der Waals surface area contributed by atoms with E-state index in [1.54, 1.807) is 7.11 Å². The number of rotatable bonds is 7. The monoisotopic (exact) mass is 407 g/mol. The summed E-state index contributed by atoms with van der Waals surface area (Å²) in [5.74, 6) is 1.27. The quantitative estimate of drug-likeness (QED) is 0.621. The number of methoxy groups -OCH3 is 1. The van der Waals surface area contributed by atoms with Gasteiger partial charge in [-0.15, -0.1) is 0 Å². The van der Waals surface area contributed by atoms with Gasteiger partial charge in [0.25, 0.3) is 0 Å². The number of carbonyl (C=O) groups is 1. The maximum Gasteiger partial charge on any atom is 0.322 e. The number of para-hydroxylation sites is 1. The fraction of sp³-hybridized carbons (Fsp3) is 0.318. The SMILES string of the molecule is COc1cccc(-c2noc(NC3CCN(CC(=O)Nc4ccccc4)CC3)n2)c1. The van der Waals surface area contributed by atoms with Crippen molar-refractivity contribution in [3.63, 3.8) is 0 Å². The van der Waals surface area contributed by atoms with E-state index in [2.05, 4.69) is 25.7 Å². The first-order valence-corrected chi connectivity index (χ1v) is 10.0. The number of nitrogens with one attached hydrogen (secondary N) is 2. The maximum atomic E-state index is 12.2. The van der Waals surface area contributed by atoms with E-state index >= 15 is 0 Å². The van der Waals surface area contributed by atoms with Crippen molar-refractivity contribution in [1.29, 1.82) is 0 Å². The Balaban J connectivity index is 1.25. The zero-order valence-corrected chi connectivity index (χ0v) is 16.9. The molecule has 1 fully saturated rings. The molecule has 0 aliphatic carbocycles. The van der Waals surface area contributed by atoms with Crippen molar-refractivity contribution in [3.8, 4) is 17.1 Å². The second kappa shape index (κ2) is 9.41. The van der Waals surface area contributed by atoms with E-state index in [1.807, 2.05) is 54.6 Å². The first kappa shape index (κ1) is 19.9. The Morgan fingerprint density at radius 2 is 1.97 bits per heavy atom. The number of aromatic nitrogens is 2. The summed E-state index contributed by atoms with van der Waals surface area (Å²) in [7, 11) is 1.62. The normalized spacial score (nSPS) is 15.0. The van der Waals surface area contributed by atoms with Crippen LogP contribution in [-0.2, 0) is 4.79 Å². The molecule has 0 bridgehead atoms. The maximum absolute atomic E-state index is 12.2. The van der Waals surface area contributed by atoms with Gasteiger partial charge in [0.05, 0.1) is 13.7 Å². The Kier molecular flexibility index (Phi) is 6.24. The van der Waals surface area contributed by atoms with E-state index < -0.39 is 0 Å². The van der Waals surface area contributed by atoms with Crippen LogP contribution < -0.4 is 15.4 Å². The van der Waals surface area contributed by atoms with Crippen LogP contribution in [0.25, 0.3) is 11.4 Å². The van der Waals surface area contributed by atoms with Crippen LogP contribution in [0.1, 0.15) is 12.8 Å². The van der Waals surface area contributed by atoms with Crippen LogP contribution in [0.2, 0.25) is 0 Å². The smallest absolute Gasteiger partial charge is 0.322 e. The van der Waals surface area contributed by atoms with Crippen molar-refractivity contribution in [1.82, 2.24) is 15.0 Å². The zero-order chi connectivity index (χ0) is 20.8. The van der Waals surface area contributed by atoms with E-state index in [0.717, 1.165) is 42.9 Å². The molecule has 2 heterocycles. The first-order chi connectivity index (χ1) is 14.7. The van der Waals surface area contributed by atoms with Gasteiger partial charge in [-0.05, 0) is 37.1 Å². The molecule has 1 aliphatic rings. The van der Waals surface area contributed by atoms with Crippen LogP contribution >= 0.6 is 0 Å². The fourth-order valence-electron chi connectivity index (χ4n) is 3.50. The predicted molar refractivity (Wildman–Crippen MR) is 114 cm³/mol. The molecule has 8 heteroatoms. The molecule has 0 radical (unpaired) electrons. The first-order valence-electron chi connectivity index (χ1n) is 10.0. The standard InChI is InChI=1S/C22H25N5O3/c1-29-19-9-5-6-16(14-19)21-25-22(30-26-21)24-18-10-12-27(13-11-18)15-20(28)23-17-7-3-2-4-8-17/h2-9,14,18H,10-13,15H2,1H3,(H,23,28)(H,24,25,26). The van der Waals surface area contributed by atoms with Gasteiger partial charge in [0.1, 0.15) is 5.75 Å². The van der Waals surface area contributed by atoms with Crippen LogP contribution in [0.5, 0.6) is 5.75 Å². The molecule has 8 nitrogen and oxygen atoms in total. The number of likely N-dealkylation sites (tertiary alicyclic amines) is 1. The molecule has 1 aliphatic heterocycles. The number of ether oxygens (including phenoxy) is 1. The van der Waals surface area contributed by atoms with Crippen molar-refractivity contribution in [2.45, 2.75) is 18.9 Å². The van der Waals surface area contributed by atoms with Gasteiger partial charge < -0.3 is 19.9 Å². The average molecular weight is 407 g/mol. The van der Waals surface area contributed by atoms with Crippen molar-refractivity contribution in [3.05, 3.63) is 54.6 Å². The number of benzene rings is 2. The number of hydrogen-bond donors (Lipinski definition) is 2. The van der Waals surface area contributed by atoms with Crippen LogP contribution in [-0.4, -0.2) is 53.7 Å². The third-order valence-electron chi connectivity index (χ3n) is 5.09. The Morgan fingerprint density at radius 1 is 1.17 bits per heavy atom. The lowest BCUT2D eigenvalue weighted by Gasteiger charge is -2.31. The highest BCUT2D eigenvalue weighted by Crippen LogP contribution is 2.23. The van der Waals surface area contributed by atoms with Gasteiger partial charge in [-0.25, -0.2) is 0 Å². The predicted octanol–water partition coefficient (Wildman–Crippen LogP) is 3.26. The Hall–Kier alpha value is -3.39. The highest BCUT2D eigenvalue weighted by atomic mass is 16.5. The lowest BCUT2D eigenvalue weighted by molar-refractivity contribution is -0.117. The molecule has 0 spiro atoms. The van der Waals surface area contributed by atoms with Crippen molar-refractivity contribution >= 4 is 17.6 Å². The van der Waals surface area contributed by atoms with Gasteiger partial charge in [-0.3, -0.25) is 9.69 Å². The number of nitrogens with zero attached hydrogens (tertiary/aromatic N) is 3. The Labute approximate surface area is 175 Å². The minimum Gasteiger partial charge on any atom is -0.497 e. The summed E-state index contributed by atoms with van der Waals surface area (Å²) in [5, 5.41) is 10.3. The number of piperidine rings is 1. The molecule has 30 heavy (non-hydrogen) atoms. The lowest BCUT2D eigenvalue weighted by Crippen LogP contribution is -2.42. The molecule has 1 aromatic heterocycles. The molecule has 0 unspecified atom stereocenters. The lowest BCUT2D eigenvalue weighted by atomic mass is 10.1. The second-order valence-corrected chi connectivity index (χ2v) is 7.26. The van der Waals surface area contributed by atoms with E-state index in [4.69, 9.17) is 9.26 Å². The van der Waals surface area contributed by atoms with Crippen LogP contribution in [0.4, 0.5) is 11.7 Å². The number of anilines is 2. The molecule has 0 atom stereocenters. The summed E-state index contributed by atoms with van der Waals surface area (Å²) in [4.78, 5) is 18.8. The molecule has 3 aromatic rings. The summed E-state index contributed by atoms with van der Waals surface area (Å²) < 4.78 is 10.6. The molecule has 1 saturated heterocycles. The minimum atomic E-state index is 0.00689. The van der Waals surface area contributed by atoms with E-state index in [9.17, 15) is 4.79 Å². The van der Waals surface area contributed by atoms with Gasteiger partial charge >= 0.3 is 6.01 Å². The van der Waals surface area contributed by atoms with E-state index in [1.165, 1.54) is 0 Å². The summed E-state index contributed by atoms with van der Waals surface area (Å²) in [5.41, 5.74) is 1.66. The molecular weight excluding hydrogens is 382 g/mol. The van der Waals surface area contributed by atoms with Crippen LogP contribution in [0.3, 0.4) is 0 Å². The van der Waals surface area contributed by atoms with Gasteiger partial charge in [0.2, 0.25) is 11.7 Å². The van der Waals surface area contributed by atoms with Gasteiger partial charge in [-0.2, -0.15) is 4.98 Å². The summed E-state index contributed by atoms with van der Waals surface area (Å²) in [6.45, 7) is 2.05. The van der Waals surface area contributed by atoms with Crippen LogP contribution in [0, 0.1) is 0 Å². The molecule has 1 amide bonds. The number of hydrogen-bond acceptors (Lipinski definition) is 7. The fourth-order valence-corrected chi connectivity index (χ4v) is 3.50. The average Bonchev–Trinajstić information content (AvgIpc) is 3.24. The number of amides is 1. The van der Waals surface area contributed by atoms with Gasteiger partial charge in [0, 0.05) is 30.4 Å². The largest absolute Gasteiger partial charge is 0.497 e. The summed E-state index contributed by atoms with van der Waals surface area (Å²) in [6, 6.07) is 17.7. The third kappa shape index (κ3) is 5.15. The van der Waals surface area contributed by atoms with Crippen molar-refractivity contribution in [2.75, 3.05) is 37.4 Å². The highest BCUT2D eigenvalue weighted by molar-refractivity contribution is 5.92. The molecular formula is C22H25N5O3. The van der Waals surface area contributed by atoms with Gasteiger partial charge in [-0.1, -0.05) is 35.5 Å². The van der Waals surface area contributed by atoms with Crippen LogP contribution in [0.15, 0.2) is 59.1 Å². The molecule has 156 valence electrons. The summed E-state index contributed by atoms with van der Waals surface area (Å²) >= 11 is 0. The van der Waals surface area contributed by atoms with Gasteiger partial charge in [0.15, 0.2) is 0 Å². The minimum absolute atomic E-state index is 0.00689. The number of carbonyl (C=O) groups excluding carboxylic acids is 1. The Morgan fingerprint density at radius 3 is 2.73 bits per heavy atom. The summed E-state index contributed by atoms with van der Waals surface area (Å²) in [6.07, 6.45) is 1.80. The Bertz CT molecular complexity index is 968. The molecule has 4 rings (SSSR count). The zero-order valence-electron chi connectivity index (χ0n) is 16.9. The van der Waals surface area contributed by atoms with Crippen molar-refractivity contribution < 1.29 is 14.1 Å². The second-order valence-electron chi connectivity index (χ2n) is 7.26. The van der Waals surface area contributed by atoms with E-state index in [-0.39, 0.29) is 11.9 Å². The third-order valence-corrected chi connectivity index (χ3v) is 5.09.